The highest BCUT2D eigenvalue weighted by Crippen LogP contribution is 2.79. The Balaban J connectivity index is 2.24. The minimum atomic E-state index is 0.438. The van der Waals surface area contributed by atoms with Crippen molar-refractivity contribution in [2.24, 2.45) is 22.2 Å². The van der Waals surface area contributed by atoms with Gasteiger partial charge in [-0.05, 0) is 41.9 Å². The second kappa shape index (κ2) is 2.04. The van der Waals surface area contributed by atoms with Crippen molar-refractivity contribution in [1.82, 2.24) is 0 Å². The molecular formula is C13H22. The molecular weight excluding hydrogens is 156 g/mol. The number of hydrogen-bond donors (Lipinski definition) is 0. The highest BCUT2D eigenvalue weighted by molar-refractivity contribution is 5.28. The molecule has 2 aliphatic carbocycles. The van der Waals surface area contributed by atoms with E-state index in [1.54, 1.807) is 0 Å². The van der Waals surface area contributed by atoms with E-state index in [1.165, 1.54) is 18.4 Å². The van der Waals surface area contributed by atoms with Gasteiger partial charge < -0.3 is 0 Å². The Bertz CT molecular complexity index is 274. The summed E-state index contributed by atoms with van der Waals surface area (Å²) in [6, 6.07) is 0. The Morgan fingerprint density at radius 1 is 1.23 bits per heavy atom. The van der Waals surface area contributed by atoms with Crippen LogP contribution in [0.5, 0.6) is 0 Å². The van der Waals surface area contributed by atoms with E-state index < -0.39 is 0 Å². The molecule has 0 saturated heterocycles. The van der Waals surface area contributed by atoms with Crippen molar-refractivity contribution in [2.45, 2.75) is 47.5 Å². The van der Waals surface area contributed by atoms with Gasteiger partial charge in [-0.1, -0.05) is 39.8 Å². The predicted molar refractivity (Wildman–Crippen MR) is 57.5 cm³/mol. The van der Waals surface area contributed by atoms with Crippen molar-refractivity contribution in [3.8, 4) is 0 Å². The average Bonchev–Trinajstić information content (AvgIpc) is 1.98. The van der Waals surface area contributed by atoms with E-state index in [2.05, 4.69) is 41.2 Å². The first-order chi connectivity index (χ1) is 5.74. The molecule has 0 aromatic rings. The van der Waals surface area contributed by atoms with Gasteiger partial charge in [0, 0.05) is 0 Å². The predicted octanol–water partition coefficient (Wildman–Crippen LogP) is 4.02. The SMILES string of the molecule is C=C(C)C1(C)CC2C(C)(C)CC21C. The van der Waals surface area contributed by atoms with E-state index >= 15 is 0 Å². The fraction of sp³-hybridized carbons (Fsp3) is 0.846. The van der Waals surface area contributed by atoms with Crippen LogP contribution in [0.4, 0.5) is 0 Å². The fourth-order valence-electron chi connectivity index (χ4n) is 4.18. The van der Waals surface area contributed by atoms with Crippen molar-refractivity contribution >= 4 is 0 Å². The lowest BCUT2D eigenvalue weighted by Gasteiger charge is -2.76. The zero-order chi connectivity index (χ0) is 10.1. The maximum absolute atomic E-state index is 4.16. The summed E-state index contributed by atoms with van der Waals surface area (Å²) >= 11 is 0. The van der Waals surface area contributed by atoms with Gasteiger partial charge in [-0.3, -0.25) is 0 Å². The molecule has 0 bridgehead atoms. The molecule has 0 amide bonds. The Morgan fingerprint density at radius 3 is 2.00 bits per heavy atom. The zero-order valence-corrected chi connectivity index (χ0v) is 9.70. The molecule has 2 aliphatic rings. The second-order valence-corrected chi connectivity index (χ2v) is 6.45. The summed E-state index contributed by atoms with van der Waals surface area (Å²) in [5.74, 6) is 0.946. The van der Waals surface area contributed by atoms with Crippen LogP contribution in [0.15, 0.2) is 12.2 Å². The third-order valence-corrected chi connectivity index (χ3v) is 5.35. The van der Waals surface area contributed by atoms with Crippen molar-refractivity contribution in [2.75, 3.05) is 0 Å². The third-order valence-electron chi connectivity index (χ3n) is 5.35. The van der Waals surface area contributed by atoms with Gasteiger partial charge in [0.1, 0.15) is 0 Å². The molecule has 0 aliphatic heterocycles. The molecule has 3 unspecified atom stereocenters. The lowest BCUT2D eigenvalue weighted by atomic mass is 9.28. The Labute approximate surface area is 82.4 Å². The number of fused-ring (bicyclic) bond motifs is 1. The second-order valence-electron chi connectivity index (χ2n) is 6.45. The molecule has 2 fully saturated rings. The van der Waals surface area contributed by atoms with Crippen LogP contribution < -0.4 is 0 Å². The summed E-state index contributed by atoms with van der Waals surface area (Å²) in [4.78, 5) is 0. The zero-order valence-electron chi connectivity index (χ0n) is 9.70. The summed E-state index contributed by atoms with van der Waals surface area (Å²) in [6.45, 7) is 16.1. The smallest absolute Gasteiger partial charge is 0.00620 e. The maximum Gasteiger partial charge on any atom is -0.00620 e. The van der Waals surface area contributed by atoms with Gasteiger partial charge in [0.05, 0.1) is 0 Å². The van der Waals surface area contributed by atoms with Crippen LogP contribution >= 0.6 is 0 Å². The first-order valence-corrected chi connectivity index (χ1v) is 5.40. The van der Waals surface area contributed by atoms with Gasteiger partial charge in [0.25, 0.3) is 0 Å². The van der Waals surface area contributed by atoms with Crippen LogP contribution in [0.1, 0.15) is 47.5 Å². The lowest BCUT2D eigenvalue weighted by Crippen LogP contribution is -2.69. The van der Waals surface area contributed by atoms with Crippen molar-refractivity contribution in [3.05, 3.63) is 12.2 Å². The Kier molecular flexibility index (Phi) is 1.46. The molecule has 0 N–H and O–H groups in total. The molecule has 2 saturated carbocycles. The first kappa shape index (κ1) is 9.30. The first-order valence-electron chi connectivity index (χ1n) is 5.40. The summed E-state index contributed by atoms with van der Waals surface area (Å²) in [5.41, 5.74) is 3.00. The molecule has 0 nitrogen and oxygen atoms in total. The molecule has 0 aromatic carbocycles. The quantitative estimate of drug-likeness (QED) is 0.532. The van der Waals surface area contributed by atoms with Crippen LogP contribution in [0.2, 0.25) is 0 Å². The van der Waals surface area contributed by atoms with Crippen LogP contribution in [-0.4, -0.2) is 0 Å². The van der Waals surface area contributed by atoms with E-state index in [4.69, 9.17) is 0 Å². The topological polar surface area (TPSA) is 0 Å². The standard InChI is InChI=1S/C13H22/c1-9(2)12(5)7-10-11(3,4)8-13(10,12)6/h10H,1,7-8H2,2-6H3. The minimum absolute atomic E-state index is 0.438. The van der Waals surface area contributed by atoms with Crippen molar-refractivity contribution in [3.63, 3.8) is 0 Å². The van der Waals surface area contributed by atoms with Gasteiger partial charge >= 0.3 is 0 Å². The highest BCUT2D eigenvalue weighted by atomic mass is 14.8. The van der Waals surface area contributed by atoms with Gasteiger partial charge in [-0.25, -0.2) is 0 Å². The van der Waals surface area contributed by atoms with Crippen LogP contribution in [0.3, 0.4) is 0 Å². The van der Waals surface area contributed by atoms with E-state index in [0.717, 1.165) is 5.92 Å². The number of rotatable bonds is 1. The minimum Gasteiger partial charge on any atom is -0.0996 e. The van der Waals surface area contributed by atoms with Crippen LogP contribution in [0, 0.1) is 22.2 Å². The number of hydrogen-bond acceptors (Lipinski definition) is 0. The lowest BCUT2D eigenvalue weighted by molar-refractivity contribution is -0.256. The molecule has 3 atom stereocenters. The number of allylic oxidation sites excluding steroid dienone is 1. The van der Waals surface area contributed by atoms with E-state index in [-0.39, 0.29) is 0 Å². The molecule has 0 heterocycles. The molecule has 2 rings (SSSR count). The van der Waals surface area contributed by atoms with E-state index in [1.807, 2.05) is 0 Å². The van der Waals surface area contributed by atoms with Gasteiger partial charge in [-0.15, -0.1) is 0 Å². The highest BCUT2D eigenvalue weighted by Gasteiger charge is 2.71. The summed E-state index contributed by atoms with van der Waals surface area (Å²) in [7, 11) is 0. The van der Waals surface area contributed by atoms with Gasteiger partial charge in [-0.2, -0.15) is 0 Å². The van der Waals surface area contributed by atoms with Gasteiger partial charge in [0.15, 0.2) is 0 Å². The van der Waals surface area contributed by atoms with Crippen molar-refractivity contribution in [1.29, 1.82) is 0 Å². The summed E-state index contributed by atoms with van der Waals surface area (Å²) in [5, 5.41) is 0. The largest absolute Gasteiger partial charge is 0.0996 e. The summed E-state index contributed by atoms with van der Waals surface area (Å²) < 4.78 is 0. The summed E-state index contributed by atoms with van der Waals surface area (Å²) in [6.07, 6.45) is 2.75. The normalized spacial score (nSPS) is 51.6. The molecule has 74 valence electrons. The molecule has 0 radical (unpaired) electrons. The Hall–Kier alpha value is -0.260. The van der Waals surface area contributed by atoms with Crippen molar-refractivity contribution < 1.29 is 0 Å². The molecule has 0 heteroatoms. The third kappa shape index (κ3) is 0.782. The molecule has 0 aromatic heterocycles. The molecule has 13 heavy (non-hydrogen) atoms. The monoisotopic (exact) mass is 178 g/mol. The van der Waals surface area contributed by atoms with E-state index in [0.29, 0.717) is 16.2 Å². The van der Waals surface area contributed by atoms with E-state index in [9.17, 15) is 0 Å². The van der Waals surface area contributed by atoms with Crippen LogP contribution in [0.25, 0.3) is 0 Å². The fourth-order valence-corrected chi connectivity index (χ4v) is 4.18. The van der Waals surface area contributed by atoms with Crippen LogP contribution in [-0.2, 0) is 0 Å². The van der Waals surface area contributed by atoms with Gasteiger partial charge in [0.2, 0.25) is 0 Å². The molecule has 0 spiro atoms. The maximum atomic E-state index is 4.16. The Morgan fingerprint density at radius 2 is 1.77 bits per heavy atom. The average molecular weight is 178 g/mol.